The van der Waals surface area contributed by atoms with E-state index in [1.54, 1.807) is 0 Å². The van der Waals surface area contributed by atoms with Crippen LogP contribution >= 0.6 is 0 Å². The van der Waals surface area contributed by atoms with Gasteiger partial charge in [-0.15, -0.1) is 0 Å². The highest BCUT2D eigenvalue weighted by molar-refractivity contribution is 5.76. The number of piperidine rings is 1. The van der Waals surface area contributed by atoms with Crippen molar-refractivity contribution in [3.05, 3.63) is 54.6 Å². The molecule has 1 aliphatic rings. The van der Waals surface area contributed by atoms with Gasteiger partial charge in [0.05, 0.1) is 13.0 Å². The van der Waals surface area contributed by atoms with Crippen molar-refractivity contribution < 1.29 is 9.53 Å². The predicted octanol–water partition coefficient (Wildman–Crippen LogP) is 3.97. The van der Waals surface area contributed by atoms with Gasteiger partial charge in [-0.25, -0.2) is 0 Å². The first-order chi connectivity index (χ1) is 13.3. The molecule has 0 saturated carbocycles. The average molecular weight is 367 g/mol. The van der Waals surface area contributed by atoms with E-state index in [1.165, 1.54) is 6.42 Å². The molecule has 0 radical (unpaired) electrons. The van der Waals surface area contributed by atoms with Crippen molar-refractivity contribution >= 4 is 5.91 Å². The fraction of sp³-hybridized carbons (Fsp3) is 0.435. The van der Waals surface area contributed by atoms with E-state index >= 15 is 0 Å². The Morgan fingerprint density at radius 2 is 1.78 bits per heavy atom. The number of hydrogen-bond donors (Lipinski definition) is 1. The minimum Gasteiger partial charge on any atom is -0.492 e. The predicted molar refractivity (Wildman–Crippen MR) is 110 cm³/mol. The van der Waals surface area contributed by atoms with Crippen LogP contribution in [0.15, 0.2) is 54.6 Å². The Morgan fingerprint density at radius 3 is 2.52 bits per heavy atom. The third kappa shape index (κ3) is 5.57. The number of benzene rings is 2. The molecule has 27 heavy (non-hydrogen) atoms. The lowest BCUT2D eigenvalue weighted by molar-refractivity contribution is -0.133. The number of rotatable bonds is 8. The fourth-order valence-corrected chi connectivity index (χ4v) is 3.67. The second-order valence-electron chi connectivity index (χ2n) is 7.18. The first-order valence-electron chi connectivity index (χ1n) is 9.97. The van der Waals surface area contributed by atoms with Crippen molar-refractivity contribution in [2.75, 3.05) is 33.3 Å². The van der Waals surface area contributed by atoms with Crippen LogP contribution in [0.5, 0.6) is 5.75 Å². The molecule has 1 N–H and O–H groups in total. The summed E-state index contributed by atoms with van der Waals surface area (Å²) in [7, 11) is 1.99. The monoisotopic (exact) mass is 366 g/mol. The highest BCUT2D eigenvalue weighted by Gasteiger charge is 2.22. The number of carbonyl (C=O) groups is 1. The van der Waals surface area contributed by atoms with Crippen LogP contribution in [0.2, 0.25) is 0 Å². The van der Waals surface area contributed by atoms with Crippen LogP contribution in [-0.2, 0) is 4.79 Å². The summed E-state index contributed by atoms with van der Waals surface area (Å²) in [5.74, 6) is 1.79. The molecule has 1 amide bonds. The van der Waals surface area contributed by atoms with Gasteiger partial charge in [0.2, 0.25) is 5.91 Å². The molecule has 144 valence electrons. The highest BCUT2D eigenvalue weighted by atomic mass is 16.5. The first-order valence-corrected chi connectivity index (χ1v) is 9.97. The molecule has 0 bridgehead atoms. The van der Waals surface area contributed by atoms with Gasteiger partial charge < -0.3 is 15.0 Å². The summed E-state index contributed by atoms with van der Waals surface area (Å²) in [6.07, 6.45) is 3.87. The van der Waals surface area contributed by atoms with Crippen molar-refractivity contribution in [1.29, 1.82) is 0 Å². The molecule has 0 unspecified atom stereocenters. The van der Waals surface area contributed by atoms with Crippen LogP contribution in [0, 0.1) is 5.92 Å². The Balaban J connectivity index is 1.47. The molecule has 1 fully saturated rings. The largest absolute Gasteiger partial charge is 0.492 e. The van der Waals surface area contributed by atoms with Gasteiger partial charge in [0, 0.05) is 18.7 Å². The lowest BCUT2D eigenvalue weighted by Crippen LogP contribution is -2.39. The van der Waals surface area contributed by atoms with E-state index in [0.717, 1.165) is 55.3 Å². The fourth-order valence-electron chi connectivity index (χ4n) is 3.67. The van der Waals surface area contributed by atoms with Gasteiger partial charge in [-0.2, -0.15) is 0 Å². The second kappa shape index (κ2) is 10.1. The minimum absolute atomic E-state index is 0.208. The number of amides is 1. The number of nitrogens with one attached hydrogen (secondary N) is 1. The van der Waals surface area contributed by atoms with Crippen LogP contribution < -0.4 is 10.1 Å². The van der Waals surface area contributed by atoms with Crippen molar-refractivity contribution in [2.45, 2.75) is 25.7 Å². The Labute approximate surface area is 162 Å². The van der Waals surface area contributed by atoms with Crippen LogP contribution in [0.3, 0.4) is 0 Å². The molecule has 1 aliphatic heterocycles. The SMILES string of the molecule is CNCCC1CCN(C(=O)CCOc2ccccc2-c2ccccc2)CC1. The first kappa shape index (κ1) is 19.4. The molecule has 0 aromatic heterocycles. The summed E-state index contributed by atoms with van der Waals surface area (Å²) >= 11 is 0. The van der Waals surface area contributed by atoms with Crippen LogP contribution in [0.1, 0.15) is 25.7 Å². The van der Waals surface area contributed by atoms with Crippen molar-refractivity contribution in [2.24, 2.45) is 5.92 Å². The van der Waals surface area contributed by atoms with E-state index in [9.17, 15) is 4.79 Å². The maximum Gasteiger partial charge on any atom is 0.225 e. The van der Waals surface area contributed by atoms with Gasteiger partial charge in [0.1, 0.15) is 5.75 Å². The zero-order chi connectivity index (χ0) is 18.9. The van der Waals surface area contributed by atoms with Gasteiger partial charge in [-0.1, -0.05) is 48.5 Å². The smallest absolute Gasteiger partial charge is 0.225 e. The molecule has 3 rings (SSSR count). The summed E-state index contributed by atoms with van der Waals surface area (Å²) in [6.45, 7) is 3.25. The summed E-state index contributed by atoms with van der Waals surface area (Å²) < 4.78 is 5.97. The molecular formula is C23H30N2O2. The molecule has 4 nitrogen and oxygen atoms in total. The zero-order valence-corrected chi connectivity index (χ0v) is 16.2. The Morgan fingerprint density at radius 1 is 1.07 bits per heavy atom. The maximum atomic E-state index is 12.5. The molecule has 0 atom stereocenters. The Hall–Kier alpha value is -2.33. The minimum atomic E-state index is 0.208. The van der Waals surface area contributed by atoms with Gasteiger partial charge in [-0.05, 0) is 50.4 Å². The summed E-state index contributed by atoms with van der Waals surface area (Å²) in [4.78, 5) is 14.5. The topological polar surface area (TPSA) is 41.6 Å². The molecular weight excluding hydrogens is 336 g/mol. The van der Waals surface area contributed by atoms with Gasteiger partial charge >= 0.3 is 0 Å². The number of carbonyl (C=O) groups excluding carboxylic acids is 1. The molecule has 2 aromatic carbocycles. The quantitative estimate of drug-likeness (QED) is 0.769. The zero-order valence-electron chi connectivity index (χ0n) is 16.2. The lowest BCUT2D eigenvalue weighted by atomic mass is 9.93. The van der Waals surface area contributed by atoms with E-state index < -0.39 is 0 Å². The number of para-hydroxylation sites is 1. The van der Waals surface area contributed by atoms with Crippen LogP contribution in [-0.4, -0.2) is 44.1 Å². The third-order valence-electron chi connectivity index (χ3n) is 5.32. The normalized spacial score (nSPS) is 14.9. The second-order valence-corrected chi connectivity index (χ2v) is 7.18. The maximum absolute atomic E-state index is 12.5. The van der Waals surface area contributed by atoms with E-state index in [0.29, 0.717) is 13.0 Å². The summed E-state index contributed by atoms with van der Waals surface area (Å²) in [5, 5.41) is 3.21. The Bertz CT molecular complexity index is 709. The van der Waals surface area contributed by atoms with Gasteiger partial charge in [0.15, 0.2) is 0 Å². The molecule has 0 spiro atoms. The van der Waals surface area contributed by atoms with Crippen molar-refractivity contribution in [3.8, 4) is 16.9 Å². The van der Waals surface area contributed by atoms with Gasteiger partial charge in [0.25, 0.3) is 0 Å². The molecule has 0 aliphatic carbocycles. The van der Waals surface area contributed by atoms with E-state index in [4.69, 9.17) is 4.74 Å². The van der Waals surface area contributed by atoms with Crippen LogP contribution in [0.25, 0.3) is 11.1 Å². The summed E-state index contributed by atoms with van der Waals surface area (Å²) in [5.41, 5.74) is 2.19. The van der Waals surface area contributed by atoms with Crippen molar-refractivity contribution in [1.82, 2.24) is 10.2 Å². The molecule has 1 saturated heterocycles. The van der Waals surface area contributed by atoms with Crippen LogP contribution in [0.4, 0.5) is 0 Å². The number of hydrogen-bond acceptors (Lipinski definition) is 3. The molecule has 2 aromatic rings. The average Bonchev–Trinajstić information content (AvgIpc) is 2.73. The third-order valence-corrected chi connectivity index (χ3v) is 5.32. The molecule has 4 heteroatoms. The lowest BCUT2D eigenvalue weighted by Gasteiger charge is -2.32. The van der Waals surface area contributed by atoms with Crippen molar-refractivity contribution in [3.63, 3.8) is 0 Å². The Kier molecular flexibility index (Phi) is 7.28. The number of likely N-dealkylation sites (tertiary alicyclic amines) is 1. The standard InChI is InChI=1S/C23H30N2O2/c1-24-15-11-19-12-16-25(17-13-19)23(26)14-18-27-22-10-6-5-9-21(22)20-7-3-2-4-8-20/h2-10,19,24H,11-18H2,1H3. The highest BCUT2D eigenvalue weighted by Crippen LogP contribution is 2.29. The number of nitrogens with zero attached hydrogens (tertiary/aromatic N) is 1. The summed E-state index contributed by atoms with van der Waals surface area (Å²) in [6, 6.07) is 18.2. The van der Waals surface area contributed by atoms with E-state index in [1.807, 2.05) is 48.3 Å². The number of ether oxygens (including phenoxy) is 1. The van der Waals surface area contributed by atoms with E-state index in [-0.39, 0.29) is 5.91 Å². The molecule has 1 heterocycles. The van der Waals surface area contributed by atoms with E-state index in [2.05, 4.69) is 23.5 Å². The van der Waals surface area contributed by atoms with Gasteiger partial charge in [-0.3, -0.25) is 4.79 Å².